The third kappa shape index (κ3) is 2.04. The summed E-state index contributed by atoms with van der Waals surface area (Å²) in [6.45, 7) is 8.20. The first-order chi connectivity index (χ1) is 8.45. The molecule has 0 aromatic carbocycles. The molecule has 100 valence electrons. The Morgan fingerprint density at radius 2 is 2.17 bits per heavy atom. The average molecular weight is 249 g/mol. The number of hydrogen-bond acceptors (Lipinski definition) is 2. The van der Waals surface area contributed by atoms with E-state index in [2.05, 4.69) is 25.3 Å². The Morgan fingerprint density at radius 3 is 2.72 bits per heavy atom. The van der Waals surface area contributed by atoms with Crippen LogP contribution in [0.4, 0.5) is 5.82 Å². The molecule has 0 aliphatic carbocycles. The van der Waals surface area contributed by atoms with Crippen LogP contribution in [0.2, 0.25) is 0 Å². The van der Waals surface area contributed by atoms with E-state index in [0.29, 0.717) is 12.0 Å². The van der Waals surface area contributed by atoms with Crippen LogP contribution in [0.1, 0.15) is 51.7 Å². The molecule has 4 heteroatoms. The van der Waals surface area contributed by atoms with E-state index in [9.17, 15) is 4.79 Å². The molecule has 18 heavy (non-hydrogen) atoms. The average Bonchev–Trinajstić information content (AvgIpc) is 2.66. The van der Waals surface area contributed by atoms with Crippen LogP contribution in [-0.4, -0.2) is 22.5 Å². The summed E-state index contributed by atoms with van der Waals surface area (Å²) in [7, 11) is 1.84. The Bertz CT molecular complexity index is 464. The van der Waals surface area contributed by atoms with Crippen molar-refractivity contribution >= 4 is 11.7 Å². The number of carbonyl (C=O) groups excluding carboxylic acids is 1. The van der Waals surface area contributed by atoms with E-state index in [1.54, 1.807) is 11.8 Å². The van der Waals surface area contributed by atoms with E-state index in [1.165, 1.54) is 0 Å². The molecule has 1 aromatic heterocycles. The highest BCUT2D eigenvalue weighted by atomic mass is 16.2. The lowest BCUT2D eigenvalue weighted by Crippen LogP contribution is -2.30. The summed E-state index contributed by atoms with van der Waals surface area (Å²) in [5.41, 5.74) is 1.05. The first-order valence-corrected chi connectivity index (χ1v) is 6.79. The number of amides is 1. The topological polar surface area (TPSA) is 38.1 Å². The summed E-state index contributed by atoms with van der Waals surface area (Å²) in [6.07, 6.45) is 3.04. The lowest BCUT2D eigenvalue weighted by Gasteiger charge is -2.30. The third-order valence-electron chi connectivity index (χ3n) is 3.87. The first kappa shape index (κ1) is 13.1. The molecule has 0 saturated heterocycles. The molecule has 1 amide bonds. The second-order valence-corrected chi connectivity index (χ2v) is 5.49. The standard InChI is InChI=1S/C14H23N3O/c1-6-12-14(16(5)11(4)18)17-10(3)7-9(2)8-13(17)15-12/h9-10H,6-8H2,1-5H3. The lowest BCUT2D eigenvalue weighted by molar-refractivity contribution is -0.116. The summed E-state index contributed by atoms with van der Waals surface area (Å²) in [4.78, 5) is 18.1. The maximum Gasteiger partial charge on any atom is 0.224 e. The van der Waals surface area contributed by atoms with Gasteiger partial charge in [-0.2, -0.15) is 0 Å². The van der Waals surface area contributed by atoms with Crippen molar-refractivity contribution in [2.75, 3.05) is 11.9 Å². The van der Waals surface area contributed by atoms with E-state index < -0.39 is 0 Å². The Balaban J connectivity index is 2.54. The van der Waals surface area contributed by atoms with Gasteiger partial charge in [-0.05, 0) is 25.7 Å². The molecule has 1 aliphatic heterocycles. The van der Waals surface area contributed by atoms with E-state index in [4.69, 9.17) is 4.98 Å². The molecule has 0 spiro atoms. The van der Waals surface area contributed by atoms with Crippen LogP contribution < -0.4 is 4.90 Å². The van der Waals surface area contributed by atoms with Gasteiger partial charge in [-0.15, -0.1) is 0 Å². The van der Waals surface area contributed by atoms with Crippen LogP contribution in [0.25, 0.3) is 0 Å². The minimum atomic E-state index is 0.0678. The fourth-order valence-corrected chi connectivity index (χ4v) is 2.95. The fourth-order valence-electron chi connectivity index (χ4n) is 2.95. The van der Waals surface area contributed by atoms with Gasteiger partial charge in [0, 0.05) is 26.4 Å². The highest BCUT2D eigenvalue weighted by molar-refractivity contribution is 5.90. The van der Waals surface area contributed by atoms with E-state index in [0.717, 1.165) is 36.6 Å². The van der Waals surface area contributed by atoms with Crippen molar-refractivity contribution in [3.05, 3.63) is 11.5 Å². The van der Waals surface area contributed by atoms with E-state index >= 15 is 0 Å². The number of nitrogens with zero attached hydrogens (tertiary/aromatic N) is 3. The van der Waals surface area contributed by atoms with Crippen molar-refractivity contribution in [1.29, 1.82) is 0 Å². The molecule has 2 rings (SSSR count). The predicted molar refractivity (Wildman–Crippen MR) is 72.9 cm³/mol. The number of hydrogen-bond donors (Lipinski definition) is 0. The number of anilines is 1. The van der Waals surface area contributed by atoms with Gasteiger partial charge in [0.1, 0.15) is 11.6 Å². The Kier molecular flexibility index (Phi) is 3.46. The van der Waals surface area contributed by atoms with Gasteiger partial charge in [0.15, 0.2) is 0 Å². The normalized spacial score (nSPS) is 22.7. The highest BCUT2D eigenvalue weighted by Gasteiger charge is 2.29. The minimum absolute atomic E-state index is 0.0678. The van der Waals surface area contributed by atoms with Crippen molar-refractivity contribution in [1.82, 2.24) is 9.55 Å². The van der Waals surface area contributed by atoms with E-state index in [-0.39, 0.29) is 5.91 Å². The molecule has 0 radical (unpaired) electrons. The summed E-state index contributed by atoms with van der Waals surface area (Å²) in [5, 5.41) is 0. The SMILES string of the molecule is CCc1nc2n(c1N(C)C(C)=O)C(C)CC(C)C2. The largest absolute Gasteiger partial charge is 0.311 e. The number of carbonyl (C=O) groups is 1. The molecule has 1 aliphatic rings. The molecular formula is C14H23N3O. The number of rotatable bonds is 2. The lowest BCUT2D eigenvalue weighted by atomic mass is 9.95. The molecule has 0 fully saturated rings. The van der Waals surface area contributed by atoms with Crippen LogP contribution >= 0.6 is 0 Å². The van der Waals surface area contributed by atoms with Crippen molar-refractivity contribution < 1.29 is 4.79 Å². The van der Waals surface area contributed by atoms with Crippen LogP contribution in [0.3, 0.4) is 0 Å². The zero-order chi connectivity index (χ0) is 13.4. The fraction of sp³-hybridized carbons (Fsp3) is 0.714. The van der Waals surface area contributed by atoms with Crippen molar-refractivity contribution in [2.24, 2.45) is 5.92 Å². The molecule has 4 nitrogen and oxygen atoms in total. The molecule has 2 heterocycles. The number of aromatic nitrogens is 2. The van der Waals surface area contributed by atoms with Crippen LogP contribution in [0, 0.1) is 5.92 Å². The summed E-state index contributed by atoms with van der Waals surface area (Å²) in [5.74, 6) is 2.88. The van der Waals surface area contributed by atoms with Gasteiger partial charge in [-0.1, -0.05) is 13.8 Å². The summed E-state index contributed by atoms with van der Waals surface area (Å²) < 4.78 is 2.26. The summed E-state index contributed by atoms with van der Waals surface area (Å²) >= 11 is 0. The molecule has 0 saturated carbocycles. The zero-order valence-electron chi connectivity index (χ0n) is 12.0. The van der Waals surface area contributed by atoms with Crippen molar-refractivity contribution in [2.45, 2.75) is 53.0 Å². The quantitative estimate of drug-likeness (QED) is 0.808. The van der Waals surface area contributed by atoms with Gasteiger partial charge in [0.2, 0.25) is 5.91 Å². The molecular weight excluding hydrogens is 226 g/mol. The van der Waals surface area contributed by atoms with Gasteiger partial charge in [0.05, 0.1) is 5.69 Å². The van der Waals surface area contributed by atoms with Gasteiger partial charge in [-0.25, -0.2) is 4.98 Å². The van der Waals surface area contributed by atoms with Gasteiger partial charge >= 0.3 is 0 Å². The molecule has 0 N–H and O–H groups in total. The van der Waals surface area contributed by atoms with Gasteiger partial charge in [0.25, 0.3) is 0 Å². The van der Waals surface area contributed by atoms with Crippen LogP contribution in [0.15, 0.2) is 0 Å². The van der Waals surface area contributed by atoms with Gasteiger partial charge < -0.3 is 9.47 Å². The molecule has 0 bridgehead atoms. The first-order valence-electron chi connectivity index (χ1n) is 6.79. The molecule has 2 atom stereocenters. The second kappa shape index (κ2) is 4.75. The minimum Gasteiger partial charge on any atom is -0.311 e. The predicted octanol–water partition coefficient (Wildman–Crippen LogP) is 2.57. The van der Waals surface area contributed by atoms with Gasteiger partial charge in [-0.3, -0.25) is 4.79 Å². The Hall–Kier alpha value is -1.32. The van der Waals surface area contributed by atoms with Crippen LogP contribution in [0.5, 0.6) is 0 Å². The Labute approximate surface area is 109 Å². The van der Waals surface area contributed by atoms with Crippen molar-refractivity contribution in [3.63, 3.8) is 0 Å². The van der Waals surface area contributed by atoms with Crippen LogP contribution in [-0.2, 0) is 17.6 Å². The monoisotopic (exact) mass is 249 g/mol. The van der Waals surface area contributed by atoms with E-state index in [1.807, 2.05) is 7.05 Å². The maximum absolute atomic E-state index is 11.7. The summed E-state index contributed by atoms with van der Waals surface area (Å²) in [6, 6.07) is 0.424. The smallest absolute Gasteiger partial charge is 0.224 e. The third-order valence-corrected chi connectivity index (χ3v) is 3.87. The zero-order valence-corrected chi connectivity index (χ0v) is 12.0. The number of fused-ring (bicyclic) bond motifs is 1. The number of aryl methyl sites for hydroxylation is 1. The highest BCUT2D eigenvalue weighted by Crippen LogP contribution is 2.35. The maximum atomic E-state index is 11.7. The number of imidazole rings is 1. The Morgan fingerprint density at radius 1 is 1.50 bits per heavy atom. The molecule has 1 aromatic rings. The van der Waals surface area contributed by atoms with Crippen molar-refractivity contribution in [3.8, 4) is 0 Å². The molecule has 2 unspecified atom stereocenters. The second-order valence-electron chi connectivity index (χ2n) is 5.49.